The number of hydrogen-bond donors (Lipinski definition) is 2. The first kappa shape index (κ1) is 28.4. The molecule has 5 aromatic rings. The number of cyclic esters (lactones) is 1. The topological polar surface area (TPSA) is 192 Å². The zero-order valence-corrected chi connectivity index (χ0v) is 24.9. The highest BCUT2D eigenvalue weighted by atomic mass is 16.6. The third-order valence-electron chi connectivity index (χ3n) is 9.77. The fourth-order valence-corrected chi connectivity index (χ4v) is 8.18. The number of para-hydroxylation sites is 2. The van der Waals surface area contributed by atoms with Gasteiger partial charge in [-0.05, 0) is 59.7 Å². The van der Waals surface area contributed by atoms with Crippen molar-refractivity contribution in [2.45, 2.75) is 38.2 Å². The number of hydrogen-bond acceptors (Lipinski definition) is 11. The molecule has 0 radical (unpaired) electrons. The molecule has 2 heterocycles. The standard InChI is InChI=1S/C34H22N2O11/c1-12-8-18(38)23-22-15(10-35(32(23)42)16-6-4-5-7-17(16)36(44)45)29(40)28-25(20(12)22)26-30(41)21-13(2)9-19(39)24-27(21)34(28,11-46-33(24)43)31(26)47-14(3)37/h4-10,26,31,39,42H,11H2,1-3H3/t26-,31-,34-/m0/s1. The van der Waals surface area contributed by atoms with Crippen LogP contribution < -0.4 is 10.9 Å². The Labute approximate surface area is 262 Å². The number of carbonyl (C=O) groups is 3. The molecular weight excluding hydrogens is 612 g/mol. The maximum atomic E-state index is 15.0. The average molecular weight is 635 g/mol. The van der Waals surface area contributed by atoms with E-state index in [0.717, 1.165) is 11.5 Å². The van der Waals surface area contributed by atoms with Gasteiger partial charge in [0.2, 0.25) is 5.88 Å². The number of aryl methyl sites for hydroxylation is 2. The number of carbonyl (C=O) groups excluding carboxylic acids is 3. The first-order valence-electron chi connectivity index (χ1n) is 14.5. The lowest BCUT2D eigenvalue weighted by Gasteiger charge is -2.44. The van der Waals surface area contributed by atoms with Crippen molar-refractivity contribution in [3.05, 3.63) is 112 Å². The Morgan fingerprint density at radius 1 is 1.02 bits per heavy atom. The molecular formula is C34H22N2O11. The van der Waals surface area contributed by atoms with Crippen molar-refractivity contribution in [2.75, 3.05) is 6.61 Å². The van der Waals surface area contributed by atoms with E-state index in [4.69, 9.17) is 9.47 Å². The van der Waals surface area contributed by atoms with Crippen LogP contribution in [0, 0.1) is 24.0 Å². The van der Waals surface area contributed by atoms with Crippen LogP contribution in [0.3, 0.4) is 0 Å². The smallest absolute Gasteiger partial charge is 0.342 e. The van der Waals surface area contributed by atoms with Crippen molar-refractivity contribution in [3.63, 3.8) is 0 Å². The monoisotopic (exact) mass is 634 g/mol. The molecule has 13 nitrogen and oxygen atoms in total. The molecule has 1 aromatic heterocycles. The van der Waals surface area contributed by atoms with Crippen molar-refractivity contribution in [2.24, 2.45) is 0 Å². The van der Waals surface area contributed by atoms with Crippen molar-refractivity contribution in [1.29, 1.82) is 0 Å². The molecule has 0 saturated carbocycles. The number of esters is 2. The number of nitrogens with zero attached hydrogens (tertiary/aromatic N) is 2. The van der Waals surface area contributed by atoms with Crippen LogP contribution in [0.4, 0.5) is 5.69 Å². The number of ketones is 1. The molecule has 0 amide bonds. The second kappa shape index (κ2) is 9.00. The molecule has 1 spiro atoms. The molecule has 13 heteroatoms. The van der Waals surface area contributed by atoms with Gasteiger partial charge in [0.1, 0.15) is 29.7 Å². The summed E-state index contributed by atoms with van der Waals surface area (Å²) in [5.74, 6) is -4.70. The number of rotatable bonds is 3. The number of benzene rings is 4. The normalized spacial score (nSPS) is 20.7. The van der Waals surface area contributed by atoms with Gasteiger partial charge in [0.25, 0.3) is 5.69 Å². The molecule has 234 valence electrons. The number of aromatic hydroxyl groups is 2. The minimum atomic E-state index is -1.74. The Morgan fingerprint density at radius 2 is 1.74 bits per heavy atom. The molecule has 47 heavy (non-hydrogen) atoms. The fraction of sp³-hybridized carbons (Fsp3) is 0.206. The third kappa shape index (κ3) is 3.24. The summed E-state index contributed by atoms with van der Waals surface area (Å²) in [6.45, 7) is 3.80. The van der Waals surface area contributed by atoms with Gasteiger partial charge in [-0.1, -0.05) is 12.1 Å². The minimum Gasteiger partial charge on any atom is -0.507 e. The summed E-state index contributed by atoms with van der Waals surface area (Å²) >= 11 is 0. The predicted molar refractivity (Wildman–Crippen MR) is 164 cm³/mol. The summed E-state index contributed by atoms with van der Waals surface area (Å²) < 4.78 is 12.4. The Bertz CT molecular complexity index is 2500. The van der Waals surface area contributed by atoms with E-state index in [9.17, 15) is 39.5 Å². The summed E-state index contributed by atoms with van der Waals surface area (Å²) in [6.07, 6.45) is -0.186. The van der Waals surface area contributed by atoms with E-state index in [1.54, 1.807) is 13.8 Å². The van der Waals surface area contributed by atoms with Crippen molar-refractivity contribution in [3.8, 4) is 17.3 Å². The van der Waals surface area contributed by atoms with Crippen LogP contribution in [0.1, 0.15) is 61.4 Å². The number of phenols is 1. The van der Waals surface area contributed by atoms with Crippen molar-refractivity contribution < 1.29 is 39.0 Å². The van der Waals surface area contributed by atoms with Crippen LogP contribution in [0.5, 0.6) is 11.6 Å². The van der Waals surface area contributed by atoms with Crippen LogP contribution in [-0.2, 0) is 19.7 Å². The van der Waals surface area contributed by atoms with Gasteiger partial charge >= 0.3 is 11.9 Å². The van der Waals surface area contributed by atoms with Crippen LogP contribution in [0.15, 0.2) is 52.2 Å². The summed E-state index contributed by atoms with van der Waals surface area (Å²) in [7, 11) is 0. The Hall–Kier alpha value is -6.11. The number of nitro benzene ring substituents is 1. The lowest BCUT2D eigenvalue weighted by molar-refractivity contribution is -0.384. The first-order chi connectivity index (χ1) is 22.3. The number of ether oxygens (including phenoxy) is 2. The van der Waals surface area contributed by atoms with Crippen LogP contribution in [0.2, 0.25) is 0 Å². The van der Waals surface area contributed by atoms with E-state index in [2.05, 4.69) is 0 Å². The summed E-state index contributed by atoms with van der Waals surface area (Å²) in [5, 5.41) is 34.4. The summed E-state index contributed by atoms with van der Waals surface area (Å²) in [6, 6.07) is 7.96. The number of pyridine rings is 1. The van der Waals surface area contributed by atoms with E-state index < -0.39 is 74.9 Å². The van der Waals surface area contributed by atoms with Gasteiger partial charge in [-0.3, -0.25) is 33.9 Å². The van der Waals surface area contributed by atoms with Gasteiger partial charge in [-0.2, -0.15) is 0 Å². The highest BCUT2D eigenvalue weighted by Crippen LogP contribution is 2.61. The Balaban J connectivity index is 1.63. The number of nitro groups is 1. The van der Waals surface area contributed by atoms with Gasteiger partial charge in [0, 0.05) is 41.1 Å². The molecule has 4 aromatic carbocycles. The summed E-state index contributed by atoms with van der Waals surface area (Å²) in [5.41, 5.74) is -3.13. The molecule has 2 N–H and O–H groups in total. The molecule has 0 unspecified atom stereocenters. The van der Waals surface area contributed by atoms with Gasteiger partial charge < -0.3 is 19.7 Å². The highest BCUT2D eigenvalue weighted by molar-refractivity contribution is 6.19. The zero-order chi connectivity index (χ0) is 33.4. The largest absolute Gasteiger partial charge is 0.507 e. The molecule has 2 aliphatic carbocycles. The maximum Gasteiger partial charge on any atom is 0.342 e. The quantitative estimate of drug-likeness (QED) is 0.167. The number of fused-ring (bicyclic) bond motifs is 4. The molecule has 2 bridgehead atoms. The number of aromatic nitrogens is 1. The number of Topliss-reactive ketones (excluding diaryl/α,β-unsaturated/α-hetero) is 1. The fourth-order valence-electron chi connectivity index (χ4n) is 8.18. The zero-order valence-electron chi connectivity index (χ0n) is 24.9. The van der Waals surface area contributed by atoms with E-state index in [1.807, 2.05) is 0 Å². The average Bonchev–Trinajstić information content (AvgIpc) is 3.21. The van der Waals surface area contributed by atoms with Gasteiger partial charge in [-0.15, -0.1) is 0 Å². The number of phenolic OH excluding ortho intramolecular Hbond substituents is 1. The molecule has 1 aliphatic heterocycles. The lowest BCUT2D eigenvalue weighted by atomic mass is 9.63. The van der Waals surface area contributed by atoms with Gasteiger partial charge in [-0.25, -0.2) is 4.79 Å². The SMILES string of the molecule is CC(=O)O[C@H]1[C@@H]2C(=O)c3c(C)cc(O)c4c3[C@@]1(COC4=O)c1c2c2c(C)cc(=O)c3c(O)n(-c4ccccc4[N+](=O)[O-])cc(c1=O)c23. The molecule has 0 fully saturated rings. The molecule has 3 aliphatic rings. The van der Waals surface area contributed by atoms with E-state index in [0.29, 0.717) is 11.1 Å². The van der Waals surface area contributed by atoms with E-state index in [1.165, 1.54) is 42.6 Å². The second-order valence-corrected chi connectivity index (χ2v) is 12.2. The second-order valence-electron chi connectivity index (χ2n) is 12.2. The third-order valence-corrected chi connectivity index (χ3v) is 9.77. The predicted octanol–water partition coefficient (Wildman–Crippen LogP) is 3.56. The van der Waals surface area contributed by atoms with Crippen LogP contribution >= 0.6 is 0 Å². The minimum absolute atomic E-state index is 0.0141. The molecule has 0 saturated heterocycles. The Morgan fingerprint density at radius 3 is 2.45 bits per heavy atom. The Kier molecular flexibility index (Phi) is 5.43. The van der Waals surface area contributed by atoms with Crippen molar-refractivity contribution in [1.82, 2.24) is 4.57 Å². The van der Waals surface area contributed by atoms with Crippen LogP contribution in [-0.4, -0.2) is 50.1 Å². The maximum absolute atomic E-state index is 15.0. The van der Waals surface area contributed by atoms with E-state index >= 15 is 4.79 Å². The summed E-state index contributed by atoms with van der Waals surface area (Å²) in [4.78, 5) is 80.2. The van der Waals surface area contributed by atoms with Crippen molar-refractivity contribution >= 4 is 45.0 Å². The van der Waals surface area contributed by atoms with Gasteiger partial charge in [0.15, 0.2) is 16.6 Å². The molecule has 3 atom stereocenters. The molecule has 8 rings (SSSR count). The van der Waals surface area contributed by atoms with E-state index in [-0.39, 0.29) is 55.0 Å². The van der Waals surface area contributed by atoms with Gasteiger partial charge in [0.05, 0.1) is 21.6 Å². The van der Waals surface area contributed by atoms with Crippen LogP contribution in [0.25, 0.3) is 27.2 Å². The first-order valence-corrected chi connectivity index (χ1v) is 14.5. The highest BCUT2D eigenvalue weighted by Gasteiger charge is 2.67. The lowest BCUT2D eigenvalue weighted by Crippen LogP contribution is -2.55.